The van der Waals surface area contributed by atoms with E-state index in [0.717, 1.165) is 18.8 Å². The van der Waals surface area contributed by atoms with E-state index in [0.29, 0.717) is 24.2 Å². The summed E-state index contributed by atoms with van der Waals surface area (Å²) < 4.78 is 1.89. The number of aromatic nitrogens is 2. The summed E-state index contributed by atoms with van der Waals surface area (Å²) in [6, 6.07) is 10.8. The molecule has 1 N–H and O–H groups in total. The van der Waals surface area contributed by atoms with Crippen LogP contribution >= 0.6 is 0 Å². The quantitative estimate of drug-likeness (QED) is 0.888. The van der Waals surface area contributed by atoms with Gasteiger partial charge in [0.25, 0.3) is 0 Å². The fourth-order valence-electron chi connectivity index (χ4n) is 5.55. The first kappa shape index (κ1) is 17.9. The van der Waals surface area contributed by atoms with E-state index < -0.39 is 5.60 Å². The standard InChI is InChI=1S/C23H29N3O2/c1-22(28)13-19(14-22)21(27)25-15-23(16-25)9-7-18(8-10-23)17-3-5-20(6-4-17)26-12-2-11-24-26/h2-6,11-12,18-19,28H,7-10,13-16H2,1H3/t19-,22+. The van der Waals surface area contributed by atoms with E-state index >= 15 is 0 Å². The second-order valence-electron chi connectivity index (χ2n) is 9.61. The molecule has 2 aliphatic carbocycles. The SMILES string of the molecule is C[C@]1(O)C[C@@H](C(=O)N2CC3(CCC(c4ccc(-n5cccn5)cc4)CC3)C2)C1. The van der Waals surface area contributed by atoms with E-state index in [1.165, 1.54) is 31.2 Å². The largest absolute Gasteiger partial charge is 0.390 e. The lowest BCUT2D eigenvalue weighted by atomic mass is 9.64. The summed E-state index contributed by atoms with van der Waals surface area (Å²) in [6.45, 7) is 3.68. The lowest BCUT2D eigenvalue weighted by Gasteiger charge is -2.55. The molecule has 1 aliphatic heterocycles. The molecule has 5 heteroatoms. The van der Waals surface area contributed by atoms with Gasteiger partial charge < -0.3 is 10.0 Å². The van der Waals surface area contributed by atoms with Crippen LogP contribution in [0.2, 0.25) is 0 Å². The average Bonchev–Trinajstić information content (AvgIpc) is 3.19. The second-order valence-corrected chi connectivity index (χ2v) is 9.61. The molecule has 2 aromatic rings. The number of hydrogen-bond acceptors (Lipinski definition) is 3. The van der Waals surface area contributed by atoms with Crippen molar-refractivity contribution in [2.24, 2.45) is 11.3 Å². The van der Waals surface area contributed by atoms with Gasteiger partial charge in [0.05, 0.1) is 11.3 Å². The van der Waals surface area contributed by atoms with Crippen LogP contribution in [0.5, 0.6) is 0 Å². The summed E-state index contributed by atoms with van der Waals surface area (Å²) >= 11 is 0. The maximum atomic E-state index is 12.5. The minimum absolute atomic E-state index is 0.0528. The van der Waals surface area contributed by atoms with Crippen LogP contribution < -0.4 is 0 Å². The number of hydrogen-bond donors (Lipinski definition) is 1. The molecule has 148 valence electrons. The number of aliphatic hydroxyl groups is 1. The van der Waals surface area contributed by atoms with Crippen LogP contribution in [-0.2, 0) is 4.79 Å². The predicted molar refractivity (Wildman–Crippen MR) is 107 cm³/mol. The third-order valence-corrected chi connectivity index (χ3v) is 7.27. The molecule has 0 unspecified atom stereocenters. The Morgan fingerprint density at radius 1 is 1.14 bits per heavy atom. The normalized spacial score (nSPS) is 29.4. The number of amides is 1. The maximum Gasteiger partial charge on any atom is 0.225 e. The lowest BCUT2D eigenvalue weighted by molar-refractivity contribution is -0.163. The van der Waals surface area contributed by atoms with Crippen molar-refractivity contribution in [3.8, 4) is 5.69 Å². The highest BCUT2D eigenvalue weighted by molar-refractivity contribution is 5.81. The van der Waals surface area contributed by atoms with Gasteiger partial charge in [-0.2, -0.15) is 5.10 Å². The van der Waals surface area contributed by atoms with Gasteiger partial charge in [0.1, 0.15) is 0 Å². The Hall–Kier alpha value is -2.14. The minimum atomic E-state index is -0.617. The molecule has 1 spiro atoms. The Morgan fingerprint density at radius 2 is 1.82 bits per heavy atom. The Kier molecular flexibility index (Phi) is 4.13. The first-order valence-corrected chi connectivity index (χ1v) is 10.5. The maximum absolute atomic E-state index is 12.5. The summed E-state index contributed by atoms with van der Waals surface area (Å²) in [4.78, 5) is 14.6. The predicted octanol–water partition coefficient (Wildman–Crippen LogP) is 3.52. The highest BCUT2D eigenvalue weighted by Crippen LogP contribution is 2.49. The molecule has 3 fully saturated rings. The van der Waals surface area contributed by atoms with E-state index in [4.69, 9.17) is 0 Å². The zero-order valence-electron chi connectivity index (χ0n) is 16.6. The van der Waals surface area contributed by atoms with Gasteiger partial charge in [0.2, 0.25) is 5.91 Å². The Bertz CT molecular complexity index is 832. The monoisotopic (exact) mass is 379 g/mol. The van der Waals surface area contributed by atoms with Crippen LogP contribution in [0.1, 0.15) is 56.9 Å². The Balaban J connectivity index is 1.14. The molecule has 0 radical (unpaired) electrons. The average molecular weight is 380 g/mol. The smallest absolute Gasteiger partial charge is 0.225 e. The highest BCUT2D eigenvalue weighted by atomic mass is 16.3. The first-order chi connectivity index (χ1) is 13.4. The number of rotatable bonds is 3. The van der Waals surface area contributed by atoms with Crippen molar-refractivity contribution in [1.29, 1.82) is 0 Å². The third-order valence-electron chi connectivity index (χ3n) is 7.27. The zero-order chi connectivity index (χ0) is 19.4. The van der Waals surface area contributed by atoms with Crippen molar-refractivity contribution in [2.75, 3.05) is 13.1 Å². The summed E-state index contributed by atoms with van der Waals surface area (Å²) in [7, 11) is 0. The summed E-state index contributed by atoms with van der Waals surface area (Å²) in [5.41, 5.74) is 2.26. The molecule has 2 heterocycles. The summed E-state index contributed by atoms with van der Waals surface area (Å²) in [5, 5.41) is 14.2. The van der Waals surface area contributed by atoms with Crippen LogP contribution in [-0.4, -0.2) is 44.4 Å². The van der Waals surface area contributed by atoms with Crippen molar-refractivity contribution < 1.29 is 9.90 Å². The van der Waals surface area contributed by atoms with Gasteiger partial charge in [-0.25, -0.2) is 4.68 Å². The van der Waals surface area contributed by atoms with Crippen molar-refractivity contribution in [2.45, 2.75) is 57.0 Å². The van der Waals surface area contributed by atoms with Crippen molar-refractivity contribution in [3.05, 3.63) is 48.3 Å². The van der Waals surface area contributed by atoms with Crippen LogP contribution in [0.15, 0.2) is 42.7 Å². The van der Waals surface area contributed by atoms with E-state index in [1.54, 1.807) is 6.20 Å². The van der Waals surface area contributed by atoms with Crippen molar-refractivity contribution in [1.82, 2.24) is 14.7 Å². The van der Waals surface area contributed by atoms with E-state index in [2.05, 4.69) is 29.4 Å². The molecule has 1 amide bonds. The van der Waals surface area contributed by atoms with E-state index in [1.807, 2.05) is 28.8 Å². The molecule has 2 saturated carbocycles. The molecule has 0 bridgehead atoms. The molecular formula is C23H29N3O2. The molecule has 5 rings (SSSR count). The van der Waals surface area contributed by atoms with Gasteiger partial charge in [-0.15, -0.1) is 0 Å². The van der Waals surface area contributed by atoms with E-state index in [-0.39, 0.29) is 11.8 Å². The number of nitrogens with zero attached hydrogens (tertiary/aromatic N) is 3. The minimum Gasteiger partial charge on any atom is -0.390 e. The fraction of sp³-hybridized carbons (Fsp3) is 0.565. The Morgan fingerprint density at radius 3 is 2.39 bits per heavy atom. The number of likely N-dealkylation sites (tertiary alicyclic amines) is 1. The molecule has 0 atom stereocenters. The van der Waals surface area contributed by atoms with Crippen molar-refractivity contribution in [3.63, 3.8) is 0 Å². The molecule has 28 heavy (non-hydrogen) atoms. The number of carbonyl (C=O) groups is 1. The molecule has 5 nitrogen and oxygen atoms in total. The number of benzene rings is 1. The number of carbonyl (C=O) groups excluding carboxylic acids is 1. The second kappa shape index (κ2) is 6.45. The topological polar surface area (TPSA) is 58.4 Å². The summed E-state index contributed by atoms with van der Waals surface area (Å²) in [5.74, 6) is 0.953. The summed E-state index contributed by atoms with van der Waals surface area (Å²) in [6.07, 6.45) is 9.87. The van der Waals surface area contributed by atoms with Crippen LogP contribution in [0, 0.1) is 11.3 Å². The lowest BCUT2D eigenvalue weighted by Crippen LogP contribution is -2.62. The molecule has 3 aliphatic rings. The molecular weight excluding hydrogens is 350 g/mol. The molecule has 1 saturated heterocycles. The third kappa shape index (κ3) is 3.16. The van der Waals surface area contributed by atoms with Crippen LogP contribution in [0.25, 0.3) is 5.69 Å². The van der Waals surface area contributed by atoms with Gasteiger partial charge in [-0.1, -0.05) is 12.1 Å². The van der Waals surface area contributed by atoms with E-state index in [9.17, 15) is 9.90 Å². The van der Waals surface area contributed by atoms with Crippen molar-refractivity contribution >= 4 is 5.91 Å². The first-order valence-electron chi connectivity index (χ1n) is 10.5. The van der Waals surface area contributed by atoms with Crippen LogP contribution in [0.4, 0.5) is 0 Å². The fourth-order valence-corrected chi connectivity index (χ4v) is 5.55. The Labute approximate surface area is 166 Å². The highest BCUT2D eigenvalue weighted by Gasteiger charge is 2.51. The molecule has 1 aromatic heterocycles. The van der Waals surface area contributed by atoms with Gasteiger partial charge in [0.15, 0.2) is 0 Å². The van der Waals surface area contributed by atoms with Gasteiger partial charge in [0, 0.05) is 36.8 Å². The van der Waals surface area contributed by atoms with Gasteiger partial charge in [-0.05, 0) is 75.1 Å². The van der Waals surface area contributed by atoms with Gasteiger partial charge >= 0.3 is 0 Å². The zero-order valence-corrected chi connectivity index (χ0v) is 16.6. The van der Waals surface area contributed by atoms with Gasteiger partial charge in [-0.3, -0.25) is 4.79 Å². The van der Waals surface area contributed by atoms with Crippen LogP contribution in [0.3, 0.4) is 0 Å². The molecule has 1 aromatic carbocycles.